The van der Waals surface area contributed by atoms with Crippen molar-refractivity contribution in [2.75, 3.05) is 31.3 Å². The van der Waals surface area contributed by atoms with Crippen LogP contribution in [0.2, 0.25) is 0 Å². The Morgan fingerprint density at radius 3 is 2.30 bits per heavy atom. The van der Waals surface area contributed by atoms with Crippen molar-refractivity contribution in [1.82, 2.24) is 0 Å². The maximum Gasteiger partial charge on any atom is 0.344 e. The Kier molecular flexibility index (Phi) is 7.43. The van der Waals surface area contributed by atoms with Gasteiger partial charge in [0.2, 0.25) is 5.91 Å². The number of ketones is 1. The first-order valence-corrected chi connectivity index (χ1v) is 10.0. The summed E-state index contributed by atoms with van der Waals surface area (Å²) in [6.45, 7) is 2.53. The summed E-state index contributed by atoms with van der Waals surface area (Å²) >= 11 is 0. The highest BCUT2D eigenvalue weighted by molar-refractivity contribution is 5.99. The zero-order valence-corrected chi connectivity index (χ0v) is 17.0. The van der Waals surface area contributed by atoms with E-state index in [1.165, 1.54) is 0 Å². The predicted molar refractivity (Wildman–Crippen MR) is 111 cm³/mol. The van der Waals surface area contributed by atoms with Crippen LogP contribution in [0.25, 0.3) is 0 Å². The van der Waals surface area contributed by atoms with E-state index in [-0.39, 0.29) is 24.9 Å². The van der Waals surface area contributed by atoms with Gasteiger partial charge in [0.05, 0.1) is 6.61 Å². The van der Waals surface area contributed by atoms with Gasteiger partial charge in [0, 0.05) is 24.2 Å². The van der Waals surface area contributed by atoms with Crippen LogP contribution in [0.15, 0.2) is 48.5 Å². The molecule has 0 saturated carbocycles. The molecule has 0 aliphatic carbocycles. The predicted octanol–water partition coefficient (Wildman–Crippen LogP) is 3.41. The van der Waals surface area contributed by atoms with E-state index in [9.17, 15) is 14.4 Å². The van der Waals surface area contributed by atoms with E-state index < -0.39 is 5.97 Å². The summed E-state index contributed by atoms with van der Waals surface area (Å²) < 4.78 is 16.1. The maximum absolute atomic E-state index is 12.3. The first-order chi connectivity index (χ1) is 14.6. The number of para-hydroxylation sites is 2. The number of carbonyl (C=O) groups is 3. The molecule has 1 saturated heterocycles. The second-order valence-corrected chi connectivity index (χ2v) is 6.86. The van der Waals surface area contributed by atoms with E-state index in [0.717, 1.165) is 18.5 Å². The van der Waals surface area contributed by atoms with Crippen molar-refractivity contribution in [1.29, 1.82) is 0 Å². The van der Waals surface area contributed by atoms with Gasteiger partial charge in [-0.15, -0.1) is 0 Å². The fraction of sp³-hybridized carbons (Fsp3) is 0.348. The van der Waals surface area contributed by atoms with Crippen LogP contribution in [-0.2, 0) is 14.3 Å². The summed E-state index contributed by atoms with van der Waals surface area (Å²) in [6, 6.07) is 13.8. The quantitative estimate of drug-likeness (QED) is 0.440. The van der Waals surface area contributed by atoms with E-state index >= 15 is 0 Å². The van der Waals surface area contributed by atoms with E-state index in [1.807, 2.05) is 13.0 Å². The topological polar surface area (TPSA) is 82.1 Å². The van der Waals surface area contributed by atoms with Crippen molar-refractivity contribution in [3.05, 3.63) is 54.1 Å². The Labute approximate surface area is 175 Å². The SMILES string of the molecule is CCCOc1ccccc1OCC(=O)OCC(=O)c1ccc(N2CCCC2=O)cc1. The van der Waals surface area contributed by atoms with Gasteiger partial charge in [-0.2, -0.15) is 0 Å². The number of hydrogen-bond donors (Lipinski definition) is 0. The van der Waals surface area contributed by atoms with Gasteiger partial charge in [0.25, 0.3) is 0 Å². The van der Waals surface area contributed by atoms with Gasteiger partial charge in [-0.3, -0.25) is 9.59 Å². The van der Waals surface area contributed by atoms with Crippen molar-refractivity contribution in [2.24, 2.45) is 0 Å². The van der Waals surface area contributed by atoms with Crippen molar-refractivity contribution in [3.63, 3.8) is 0 Å². The lowest BCUT2D eigenvalue weighted by molar-refractivity contribution is -0.144. The Bertz CT molecular complexity index is 893. The minimum Gasteiger partial charge on any atom is -0.490 e. The lowest BCUT2D eigenvalue weighted by atomic mass is 10.1. The number of hydrogen-bond acceptors (Lipinski definition) is 6. The molecule has 0 radical (unpaired) electrons. The molecule has 1 fully saturated rings. The van der Waals surface area contributed by atoms with Crippen LogP contribution in [0.4, 0.5) is 5.69 Å². The average molecular weight is 411 g/mol. The molecule has 0 bridgehead atoms. The van der Waals surface area contributed by atoms with Crippen LogP contribution >= 0.6 is 0 Å². The standard InChI is InChI=1S/C23H25NO6/c1-2-14-28-20-6-3-4-7-21(20)29-16-23(27)30-15-19(25)17-9-11-18(12-10-17)24-13-5-8-22(24)26/h3-4,6-7,9-12H,2,5,8,13-16H2,1H3. The number of esters is 1. The summed E-state index contributed by atoms with van der Waals surface area (Å²) in [5, 5.41) is 0. The molecule has 7 nitrogen and oxygen atoms in total. The van der Waals surface area contributed by atoms with Crippen LogP contribution in [0.5, 0.6) is 11.5 Å². The normalized spacial score (nSPS) is 13.2. The molecule has 158 valence electrons. The summed E-state index contributed by atoms with van der Waals surface area (Å²) in [4.78, 5) is 37.7. The van der Waals surface area contributed by atoms with E-state index in [0.29, 0.717) is 36.6 Å². The third-order valence-electron chi connectivity index (χ3n) is 4.59. The van der Waals surface area contributed by atoms with Crippen molar-refractivity contribution in [3.8, 4) is 11.5 Å². The second-order valence-electron chi connectivity index (χ2n) is 6.86. The van der Waals surface area contributed by atoms with Gasteiger partial charge in [0.1, 0.15) is 0 Å². The zero-order valence-electron chi connectivity index (χ0n) is 17.0. The highest BCUT2D eigenvalue weighted by atomic mass is 16.6. The highest BCUT2D eigenvalue weighted by Gasteiger charge is 2.21. The molecule has 3 rings (SSSR count). The summed E-state index contributed by atoms with van der Waals surface area (Å²) in [5.74, 6) is 0.119. The number of nitrogens with zero attached hydrogens (tertiary/aromatic N) is 1. The van der Waals surface area contributed by atoms with Crippen LogP contribution in [0, 0.1) is 0 Å². The van der Waals surface area contributed by atoms with Gasteiger partial charge < -0.3 is 19.1 Å². The summed E-state index contributed by atoms with van der Waals surface area (Å²) in [7, 11) is 0. The number of anilines is 1. The number of ether oxygens (including phenoxy) is 3. The van der Waals surface area contributed by atoms with Crippen LogP contribution < -0.4 is 14.4 Å². The van der Waals surface area contributed by atoms with Crippen LogP contribution in [0.1, 0.15) is 36.5 Å². The molecule has 1 aliphatic heterocycles. The lowest BCUT2D eigenvalue weighted by Crippen LogP contribution is -2.23. The smallest absolute Gasteiger partial charge is 0.344 e. The summed E-state index contributed by atoms with van der Waals surface area (Å²) in [6.07, 6.45) is 2.24. The molecule has 1 heterocycles. The fourth-order valence-corrected chi connectivity index (χ4v) is 3.06. The Morgan fingerprint density at radius 1 is 0.967 bits per heavy atom. The minimum absolute atomic E-state index is 0.0877. The molecule has 2 aromatic rings. The molecule has 0 unspecified atom stereocenters. The van der Waals surface area contributed by atoms with Crippen LogP contribution in [0.3, 0.4) is 0 Å². The third-order valence-corrected chi connectivity index (χ3v) is 4.59. The largest absolute Gasteiger partial charge is 0.490 e. The molecule has 1 amide bonds. The number of Topliss-reactive ketones (excluding diaryl/α,β-unsaturated/α-hetero) is 1. The average Bonchev–Trinajstić information content (AvgIpc) is 3.21. The molecule has 7 heteroatoms. The first-order valence-electron chi connectivity index (χ1n) is 10.0. The molecule has 30 heavy (non-hydrogen) atoms. The summed E-state index contributed by atoms with van der Waals surface area (Å²) in [5.41, 5.74) is 1.18. The highest BCUT2D eigenvalue weighted by Crippen LogP contribution is 2.26. The zero-order chi connectivity index (χ0) is 21.3. The van der Waals surface area contributed by atoms with E-state index in [4.69, 9.17) is 14.2 Å². The maximum atomic E-state index is 12.3. The van der Waals surface area contributed by atoms with Gasteiger partial charge >= 0.3 is 5.97 Å². The molecule has 1 aliphatic rings. The monoisotopic (exact) mass is 411 g/mol. The molecular formula is C23H25NO6. The number of rotatable bonds is 10. The van der Waals surface area contributed by atoms with Crippen LogP contribution in [-0.4, -0.2) is 44.0 Å². The first kappa shape index (κ1) is 21.4. The van der Waals surface area contributed by atoms with E-state index in [1.54, 1.807) is 47.4 Å². The van der Waals surface area contributed by atoms with Crippen molar-refractivity contribution >= 4 is 23.3 Å². The molecule has 0 N–H and O–H groups in total. The molecule has 0 aromatic heterocycles. The Balaban J connectivity index is 1.47. The number of benzene rings is 2. The number of amides is 1. The Morgan fingerprint density at radius 2 is 1.67 bits per heavy atom. The minimum atomic E-state index is -0.645. The molecular weight excluding hydrogens is 386 g/mol. The third kappa shape index (κ3) is 5.59. The molecule has 0 spiro atoms. The lowest BCUT2D eigenvalue weighted by Gasteiger charge is -2.15. The van der Waals surface area contributed by atoms with Gasteiger partial charge in [0.15, 0.2) is 30.5 Å². The van der Waals surface area contributed by atoms with Crippen molar-refractivity contribution < 1.29 is 28.6 Å². The Hall–Kier alpha value is -3.35. The number of carbonyl (C=O) groups excluding carboxylic acids is 3. The second kappa shape index (κ2) is 10.4. The van der Waals surface area contributed by atoms with Gasteiger partial charge in [-0.1, -0.05) is 19.1 Å². The molecule has 2 aromatic carbocycles. The van der Waals surface area contributed by atoms with Gasteiger partial charge in [-0.25, -0.2) is 4.79 Å². The van der Waals surface area contributed by atoms with Crippen molar-refractivity contribution in [2.45, 2.75) is 26.2 Å². The fourth-order valence-electron chi connectivity index (χ4n) is 3.06. The van der Waals surface area contributed by atoms with E-state index in [2.05, 4.69) is 0 Å². The molecule has 0 atom stereocenters. The van der Waals surface area contributed by atoms with Gasteiger partial charge in [-0.05, 0) is 49.2 Å².